The van der Waals surface area contributed by atoms with Gasteiger partial charge in [0, 0.05) is 13.1 Å². The van der Waals surface area contributed by atoms with Crippen LogP contribution in [0.25, 0.3) is 0 Å². The minimum Gasteiger partial charge on any atom is -0.468 e. The number of likely N-dealkylation sites (tertiary alicyclic amines) is 1. The van der Waals surface area contributed by atoms with Crippen LogP contribution in [0, 0.1) is 0 Å². The summed E-state index contributed by atoms with van der Waals surface area (Å²) >= 11 is 0. The van der Waals surface area contributed by atoms with E-state index in [4.69, 9.17) is 0 Å². The highest BCUT2D eigenvalue weighted by atomic mass is 16.5. The molecule has 1 unspecified atom stereocenters. The highest BCUT2D eigenvalue weighted by Crippen LogP contribution is 2.19. The van der Waals surface area contributed by atoms with Gasteiger partial charge in [-0.15, -0.1) is 0 Å². The predicted octanol–water partition coefficient (Wildman–Crippen LogP) is 0.810. The average molecular weight is 169 g/mol. The van der Waals surface area contributed by atoms with Crippen molar-refractivity contribution >= 4 is 5.97 Å². The van der Waals surface area contributed by atoms with Crippen molar-refractivity contribution in [1.29, 1.82) is 0 Å². The van der Waals surface area contributed by atoms with Gasteiger partial charge in [-0.05, 0) is 13.3 Å². The summed E-state index contributed by atoms with van der Waals surface area (Å²) in [4.78, 5) is 13.2. The molecule has 1 saturated heterocycles. The first-order valence-electron chi connectivity index (χ1n) is 4.11. The maximum absolute atomic E-state index is 11.1. The second kappa shape index (κ2) is 3.72. The second-order valence-electron chi connectivity index (χ2n) is 3.26. The molecule has 1 atom stereocenters. The van der Waals surface area contributed by atoms with Crippen molar-refractivity contribution in [3.63, 3.8) is 0 Å². The number of carbonyl (C=O) groups excluding carboxylic acids is 1. The van der Waals surface area contributed by atoms with E-state index in [1.807, 2.05) is 6.92 Å². The highest BCUT2D eigenvalue weighted by molar-refractivity contribution is 5.76. The van der Waals surface area contributed by atoms with E-state index in [1.54, 1.807) is 0 Å². The van der Waals surface area contributed by atoms with Crippen LogP contribution in [0.15, 0.2) is 12.2 Å². The standard InChI is InChI=1S/C9H15NO2/c1-7(2)6-10-5-4-8(10)9(11)12-3/h8H,1,4-6H2,2-3H3. The van der Waals surface area contributed by atoms with Gasteiger partial charge in [-0.1, -0.05) is 12.2 Å². The second-order valence-corrected chi connectivity index (χ2v) is 3.26. The van der Waals surface area contributed by atoms with E-state index in [0.717, 1.165) is 25.1 Å². The molecule has 0 aromatic carbocycles. The Balaban J connectivity index is 2.38. The number of ether oxygens (including phenoxy) is 1. The molecule has 1 heterocycles. The van der Waals surface area contributed by atoms with Gasteiger partial charge >= 0.3 is 5.97 Å². The molecule has 1 fully saturated rings. The minimum atomic E-state index is -0.123. The molecule has 0 saturated carbocycles. The van der Waals surface area contributed by atoms with E-state index in [9.17, 15) is 4.79 Å². The lowest BCUT2D eigenvalue weighted by Gasteiger charge is -2.38. The lowest BCUT2D eigenvalue weighted by atomic mass is 10.0. The van der Waals surface area contributed by atoms with Gasteiger partial charge in [-0.3, -0.25) is 9.69 Å². The van der Waals surface area contributed by atoms with Crippen LogP contribution in [0.1, 0.15) is 13.3 Å². The summed E-state index contributed by atoms with van der Waals surface area (Å²) in [7, 11) is 1.43. The number of methoxy groups -OCH3 is 1. The van der Waals surface area contributed by atoms with Crippen LogP contribution >= 0.6 is 0 Å². The SMILES string of the molecule is C=C(C)CN1CCC1C(=O)OC. The molecule has 0 bridgehead atoms. The largest absolute Gasteiger partial charge is 0.468 e. The van der Waals surface area contributed by atoms with Crippen LogP contribution < -0.4 is 0 Å². The van der Waals surface area contributed by atoms with Crippen LogP contribution in [0.2, 0.25) is 0 Å². The van der Waals surface area contributed by atoms with Crippen molar-refractivity contribution < 1.29 is 9.53 Å². The molecule has 3 heteroatoms. The Morgan fingerprint density at radius 2 is 2.42 bits per heavy atom. The molecular formula is C9H15NO2. The maximum atomic E-state index is 11.1. The molecule has 0 aliphatic carbocycles. The van der Waals surface area contributed by atoms with Gasteiger partial charge in [0.15, 0.2) is 0 Å². The lowest BCUT2D eigenvalue weighted by Crippen LogP contribution is -2.53. The van der Waals surface area contributed by atoms with Crippen molar-refractivity contribution in [3.05, 3.63) is 12.2 Å². The smallest absolute Gasteiger partial charge is 0.323 e. The molecule has 1 aliphatic rings. The van der Waals surface area contributed by atoms with Crippen LogP contribution in [0.5, 0.6) is 0 Å². The average Bonchev–Trinajstić information content (AvgIpc) is 1.98. The highest BCUT2D eigenvalue weighted by Gasteiger charge is 2.34. The Kier molecular flexibility index (Phi) is 2.87. The van der Waals surface area contributed by atoms with Crippen LogP contribution in [-0.2, 0) is 9.53 Å². The molecule has 0 aromatic heterocycles. The number of nitrogens with zero attached hydrogens (tertiary/aromatic N) is 1. The van der Waals surface area contributed by atoms with Crippen molar-refractivity contribution in [3.8, 4) is 0 Å². The first-order chi connectivity index (χ1) is 5.65. The summed E-state index contributed by atoms with van der Waals surface area (Å²) < 4.78 is 4.66. The zero-order valence-corrected chi connectivity index (χ0v) is 7.67. The first kappa shape index (κ1) is 9.26. The van der Waals surface area contributed by atoms with E-state index in [2.05, 4.69) is 16.2 Å². The van der Waals surface area contributed by atoms with E-state index in [-0.39, 0.29) is 12.0 Å². The fraction of sp³-hybridized carbons (Fsp3) is 0.667. The summed E-state index contributed by atoms with van der Waals surface area (Å²) in [6.45, 7) is 7.55. The van der Waals surface area contributed by atoms with Gasteiger partial charge in [-0.2, -0.15) is 0 Å². The fourth-order valence-corrected chi connectivity index (χ4v) is 1.38. The Bertz CT molecular complexity index is 201. The van der Waals surface area contributed by atoms with Crippen LogP contribution in [-0.4, -0.2) is 37.1 Å². The lowest BCUT2D eigenvalue weighted by molar-refractivity contribution is -0.151. The number of esters is 1. The van der Waals surface area contributed by atoms with Gasteiger partial charge in [-0.25, -0.2) is 0 Å². The van der Waals surface area contributed by atoms with Gasteiger partial charge in [0.25, 0.3) is 0 Å². The third-order valence-electron chi connectivity index (χ3n) is 2.08. The van der Waals surface area contributed by atoms with Gasteiger partial charge in [0.1, 0.15) is 6.04 Å². The monoisotopic (exact) mass is 169 g/mol. The molecule has 1 rings (SSSR count). The molecule has 68 valence electrons. The molecule has 0 amide bonds. The summed E-state index contributed by atoms with van der Waals surface area (Å²) in [5, 5.41) is 0. The molecule has 1 aliphatic heterocycles. The normalized spacial score (nSPS) is 23.0. The summed E-state index contributed by atoms with van der Waals surface area (Å²) in [6.07, 6.45) is 0.917. The minimum absolute atomic E-state index is 0.0216. The summed E-state index contributed by atoms with van der Waals surface area (Å²) in [6, 6.07) is -0.0216. The van der Waals surface area contributed by atoms with Crippen molar-refractivity contribution in [2.24, 2.45) is 0 Å². The first-order valence-corrected chi connectivity index (χ1v) is 4.11. The fourth-order valence-electron chi connectivity index (χ4n) is 1.38. The number of hydrogen-bond donors (Lipinski definition) is 0. The van der Waals surface area contributed by atoms with E-state index in [1.165, 1.54) is 7.11 Å². The van der Waals surface area contributed by atoms with E-state index < -0.39 is 0 Å². The Morgan fingerprint density at radius 3 is 2.75 bits per heavy atom. The third-order valence-corrected chi connectivity index (χ3v) is 2.08. The van der Waals surface area contributed by atoms with E-state index >= 15 is 0 Å². The Hall–Kier alpha value is -0.830. The maximum Gasteiger partial charge on any atom is 0.323 e. The molecular weight excluding hydrogens is 154 g/mol. The predicted molar refractivity (Wildman–Crippen MR) is 46.8 cm³/mol. The molecule has 0 radical (unpaired) electrons. The zero-order chi connectivity index (χ0) is 9.14. The van der Waals surface area contributed by atoms with Gasteiger partial charge in [0.2, 0.25) is 0 Å². The number of rotatable bonds is 3. The van der Waals surface area contributed by atoms with Crippen molar-refractivity contribution in [1.82, 2.24) is 4.90 Å². The zero-order valence-electron chi connectivity index (χ0n) is 7.67. The molecule has 0 N–H and O–H groups in total. The van der Waals surface area contributed by atoms with Crippen LogP contribution in [0.3, 0.4) is 0 Å². The molecule has 0 spiro atoms. The molecule has 0 aromatic rings. The van der Waals surface area contributed by atoms with Crippen LogP contribution in [0.4, 0.5) is 0 Å². The summed E-state index contributed by atoms with van der Waals surface area (Å²) in [5.41, 5.74) is 1.09. The Labute approximate surface area is 73.0 Å². The Morgan fingerprint density at radius 1 is 1.75 bits per heavy atom. The quantitative estimate of drug-likeness (QED) is 0.462. The summed E-state index contributed by atoms with van der Waals surface area (Å²) in [5.74, 6) is -0.123. The van der Waals surface area contributed by atoms with Crippen molar-refractivity contribution in [2.45, 2.75) is 19.4 Å². The van der Waals surface area contributed by atoms with Gasteiger partial charge in [0.05, 0.1) is 7.11 Å². The number of hydrogen-bond acceptors (Lipinski definition) is 3. The topological polar surface area (TPSA) is 29.5 Å². The molecule has 3 nitrogen and oxygen atoms in total. The molecule has 12 heavy (non-hydrogen) atoms. The van der Waals surface area contributed by atoms with Gasteiger partial charge < -0.3 is 4.74 Å². The van der Waals surface area contributed by atoms with Crippen molar-refractivity contribution in [2.75, 3.05) is 20.2 Å². The van der Waals surface area contributed by atoms with E-state index in [0.29, 0.717) is 0 Å². The number of carbonyl (C=O) groups is 1. The third kappa shape index (κ3) is 1.85.